The molecule has 0 aliphatic heterocycles. The molecule has 4 heteroatoms. The number of benzene rings is 3. The van der Waals surface area contributed by atoms with Crippen LogP contribution in [0.2, 0.25) is 0 Å². The van der Waals surface area contributed by atoms with E-state index in [-0.39, 0.29) is 5.91 Å². The minimum absolute atomic E-state index is 0.136. The smallest absolute Gasteiger partial charge is 0.244 e. The first kappa shape index (κ1) is 18.7. The Hall–Kier alpha value is -3.66. The van der Waals surface area contributed by atoms with E-state index in [0.717, 1.165) is 22.4 Å². The van der Waals surface area contributed by atoms with Gasteiger partial charge in [0.1, 0.15) is 5.82 Å². The SMILES string of the molecule is Cc1ccc(Cn2c(CNC(=O)/C=C\c3ccccc3)nc3ccccc32)cc1. The lowest BCUT2D eigenvalue weighted by Crippen LogP contribution is -2.23. The maximum atomic E-state index is 12.3. The molecule has 1 amide bonds. The first-order valence-corrected chi connectivity index (χ1v) is 9.70. The van der Waals surface area contributed by atoms with Crippen LogP contribution in [0.15, 0.2) is 84.9 Å². The third-order valence-electron chi connectivity index (χ3n) is 4.84. The maximum Gasteiger partial charge on any atom is 0.244 e. The topological polar surface area (TPSA) is 46.9 Å². The van der Waals surface area contributed by atoms with Crippen molar-refractivity contribution in [1.29, 1.82) is 0 Å². The number of hydrogen-bond acceptors (Lipinski definition) is 2. The Morgan fingerprint density at radius 2 is 1.69 bits per heavy atom. The summed E-state index contributed by atoms with van der Waals surface area (Å²) in [6, 6.07) is 26.3. The molecule has 144 valence electrons. The Morgan fingerprint density at radius 1 is 0.966 bits per heavy atom. The molecule has 0 saturated heterocycles. The second-order valence-corrected chi connectivity index (χ2v) is 7.05. The van der Waals surface area contributed by atoms with Gasteiger partial charge in [-0.3, -0.25) is 4.79 Å². The van der Waals surface area contributed by atoms with Crippen LogP contribution in [0, 0.1) is 6.92 Å². The molecule has 0 aliphatic carbocycles. The van der Waals surface area contributed by atoms with Crippen molar-refractivity contribution in [2.45, 2.75) is 20.0 Å². The van der Waals surface area contributed by atoms with Crippen LogP contribution in [0.1, 0.15) is 22.5 Å². The van der Waals surface area contributed by atoms with E-state index >= 15 is 0 Å². The number of nitrogens with zero attached hydrogens (tertiary/aromatic N) is 2. The maximum absolute atomic E-state index is 12.3. The van der Waals surface area contributed by atoms with E-state index in [2.05, 4.69) is 47.1 Å². The number of para-hydroxylation sites is 2. The van der Waals surface area contributed by atoms with Crippen LogP contribution < -0.4 is 5.32 Å². The first-order chi connectivity index (χ1) is 14.2. The molecule has 4 aromatic rings. The molecule has 4 nitrogen and oxygen atoms in total. The number of nitrogens with one attached hydrogen (secondary N) is 1. The standard InChI is InChI=1S/C25H23N3O/c1-19-11-13-21(14-12-19)18-28-23-10-6-5-9-22(23)27-24(28)17-26-25(29)16-15-20-7-3-2-4-8-20/h2-16H,17-18H2,1H3,(H,26,29)/b16-15-. The predicted molar refractivity (Wildman–Crippen MR) is 117 cm³/mol. The van der Waals surface area contributed by atoms with E-state index in [1.54, 1.807) is 6.08 Å². The fraction of sp³-hybridized carbons (Fsp3) is 0.120. The molecule has 0 bridgehead atoms. The molecule has 29 heavy (non-hydrogen) atoms. The number of amides is 1. The number of imidazole rings is 1. The van der Waals surface area contributed by atoms with E-state index in [0.29, 0.717) is 13.1 Å². The van der Waals surface area contributed by atoms with E-state index in [9.17, 15) is 4.79 Å². The molecule has 0 radical (unpaired) electrons. The molecule has 3 aromatic carbocycles. The summed E-state index contributed by atoms with van der Waals surface area (Å²) in [7, 11) is 0. The van der Waals surface area contributed by atoms with Crippen molar-refractivity contribution in [3.8, 4) is 0 Å². The van der Waals surface area contributed by atoms with Crippen LogP contribution in [-0.4, -0.2) is 15.5 Å². The van der Waals surface area contributed by atoms with Crippen LogP contribution in [0.4, 0.5) is 0 Å². The highest BCUT2D eigenvalue weighted by Gasteiger charge is 2.11. The minimum atomic E-state index is -0.136. The first-order valence-electron chi connectivity index (χ1n) is 9.70. The zero-order valence-electron chi connectivity index (χ0n) is 16.4. The van der Waals surface area contributed by atoms with Gasteiger partial charge in [0.15, 0.2) is 0 Å². The minimum Gasteiger partial charge on any atom is -0.345 e. The van der Waals surface area contributed by atoms with Gasteiger partial charge < -0.3 is 9.88 Å². The number of rotatable bonds is 6. The van der Waals surface area contributed by atoms with Crippen molar-refractivity contribution in [2.24, 2.45) is 0 Å². The molecule has 0 saturated carbocycles. The highest BCUT2D eigenvalue weighted by Crippen LogP contribution is 2.18. The molecule has 1 N–H and O–H groups in total. The fourth-order valence-corrected chi connectivity index (χ4v) is 3.27. The Balaban J connectivity index is 1.52. The van der Waals surface area contributed by atoms with E-state index in [1.165, 1.54) is 11.1 Å². The summed E-state index contributed by atoms with van der Waals surface area (Å²) >= 11 is 0. The molecule has 4 rings (SSSR count). The number of fused-ring (bicyclic) bond motifs is 1. The van der Waals surface area contributed by atoms with Crippen LogP contribution in [0.25, 0.3) is 17.1 Å². The summed E-state index contributed by atoms with van der Waals surface area (Å²) in [5.74, 6) is 0.705. The largest absolute Gasteiger partial charge is 0.345 e. The third kappa shape index (κ3) is 4.61. The van der Waals surface area contributed by atoms with Crippen LogP contribution >= 0.6 is 0 Å². The molecule has 0 aliphatic rings. The Morgan fingerprint density at radius 3 is 2.48 bits per heavy atom. The molecule has 0 atom stereocenters. The average molecular weight is 381 g/mol. The molecule has 1 heterocycles. The fourth-order valence-electron chi connectivity index (χ4n) is 3.27. The van der Waals surface area contributed by atoms with Crippen LogP contribution in [0.5, 0.6) is 0 Å². The summed E-state index contributed by atoms with van der Waals surface area (Å²) in [4.78, 5) is 17.0. The second kappa shape index (κ2) is 8.57. The summed E-state index contributed by atoms with van der Waals surface area (Å²) in [5.41, 5.74) is 5.44. The molecule has 0 unspecified atom stereocenters. The van der Waals surface area contributed by atoms with Gasteiger partial charge in [0, 0.05) is 12.6 Å². The molecular formula is C25H23N3O. The highest BCUT2D eigenvalue weighted by atomic mass is 16.1. The predicted octanol–water partition coefficient (Wildman–Crippen LogP) is 4.72. The zero-order chi connectivity index (χ0) is 20.1. The van der Waals surface area contributed by atoms with Gasteiger partial charge in [-0.15, -0.1) is 0 Å². The van der Waals surface area contributed by atoms with E-state index in [4.69, 9.17) is 4.98 Å². The van der Waals surface area contributed by atoms with Gasteiger partial charge in [0.25, 0.3) is 0 Å². The van der Waals surface area contributed by atoms with Crippen LogP contribution in [-0.2, 0) is 17.9 Å². The quantitative estimate of drug-likeness (QED) is 0.491. The van der Waals surface area contributed by atoms with Gasteiger partial charge >= 0.3 is 0 Å². The van der Waals surface area contributed by atoms with Gasteiger partial charge in [-0.25, -0.2) is 4.98 Å². The molecule has 0 fully saturated rings. The van der Waals surface area contributed by atoms with Gasteiger partial charge in [-0.05, 0) is 36.3 Å². The number of aryl methyl sites for hydroxylation is 1. The summed E-state index contributed by atoms with van der Waals surface area (Å²) in [6.07, 6.45) is 3.37. The van der Waals surface area contributed by atoms with Crippen molar-refractivity contribution in [3.63, 3.8) is 0 Å². The monoisotopic (exact) mass is 381 g/mol. The summed E-state index contributed by atoms with van der Waals surface area (Å²) in [6.45, 7) is 3.17. The number of carbonyl (C=O) groups is 1. The third-order valence-corrected chi connectivity index (χ3v) is 4.84. The van der Waals surface area contributed by atoms with Crippen molar-refractivity contribution in [3.05, 3.63) is 107 Å². The zero-order valence-corrected chi connectivity index (χ0v) is 16.4. The van der Waals surface area contributed by atoms with Crippen molar-refractivity contribution < 1.29 is 4.79 Å². The Kier molecular flexibility index (Phi) is 5.52. The van der Waals surface area contributed by atoms with Gasteiger partial charge in [0.05, 0.1) is 17.6 Å². The van der Waals surface area contributed by atoms with E-state index < -0.39 is 0 Å². The second-order valence-electron chi connectivity index (χ2n) is 7.05. The molecule has 0 spiro atoms. The van der Waals surface area contributed by atoms with Crippen LogP contribution in [0.3, 0.4) is 0 Å². The Labute approximate surface area is 170 Å². The summed E-state index contributed by atoms with van der Waals surface area (Å²) in [5, 5.41) is 2.96. The number of carbonyl (C=O) groups excluding carboxylic acids is 1. The lowest BCUT2D eigenvalue weighted by atomic mass is 10.1. The number of aromatic nitrogens is 2. The van der Waals surface area contributed by atoms with Gasteiger partial charge in [-0.2, -0.15) is 0 Å². The van der Waals surface area contributed by atoms with E-state index in [1.807, 2.05) is 54.6 Å². The van der Waals surface area contributed by atoms with Crippen molar-refractivity contribution >= 4 is 23.0 Å². The average Bonchev–Trinajstić information content (AvgIpc) is 3.10. The molecular weight excluding hydrogens is 358 g/mol. The highest BCUT2D eigenvalue weighted by molar-refractivity contribution is 5.91. The summed E-state index contributed by atoms with van der Waals surface area (Å²) < 4.78 is 2.17. The number of hydrogen-bond donors (Lipinski definition) is 1. The van der Waals surface area contributed by atoms with Gasteiger partial charge in [0.2, 0.25) is 5.91 Å². The van der Waals surface area contributed by atoms with Gasteiger partial charge in [-0.1, -0.05) is 72.3 Å². The normalized spacial score (nSPS) is 11.2. The lowest BCUT2D eigenvalue weighted by Gasteiger charge is -2.10. The molecule has 1 aromatic heterocycles. The van der Waals surface area contributed by atoms with Crippen molar-refractivity contribution in [2.75, 3.05) is 0 Å². The Bertz CT molecular complexity index is 1140. The lowest BCUT2D eigenvalue weighted by molar-refractivity contribution is -0.116. The van der Waals surface area contributed by atoms with Crippen molar-refractivity contribution in [1.82, 2.24) is 14.9 Å².